The lowest BCUT2D eigenvalue weighted by Gasteiger charge is -2.14. The summed E-state index contributed by atoms with van der Waals surface area (Å²) in [5, 5.41) is 0.862. The van der Waals surface area contributed by atoms with Crippen LogP contribution in [-0.4, -0.2) is 34.2 Å². The molecule has 6 nitrogen and oxygen atoms in total. The molecule has 0 saturated carbocycles. The van der Waals surface area contributed by atoms with Crippen LogP contribution in [0.1, 0.15) is 12.5 Å². The van der Waals surface area contributed by atoms with Crippen molar-refractivity contribution in [3.8, 4) is 0 Å². The van der Waals surface area contributed by atoms with E-state index in [0.29, 0.717) is 4.91 Å². The molecule has 0 radical (unpaired) electrons. The number of nitrogens with one attached hydrogen (secondary N) is 1. The van der Waals surface area contributed by atoms with Crippen molar-refractivity contribution in [2.24, 2.45) is 0 Å². The molecule has 2 rings (SSSR count). The molecule has 0 spiro atoms. The molecular formula is C16H14N2O4S2. The van der Waals surface area contributed by atoms with Crippen LogP contribution in [0.5, 0.6) is 0 Å². The van der Waals surface area contributed by atoms with Gasteiger partial charge in [-0.2, -0.15) is 5.01 Å². The highest BCUT2D eigenvalue weighted by Crippen LogP contribution is 2.30. The van der Waals surface area contributed by atoms with Gasteiger partial charge in [0.25, 0.3) is 5.91 Å². The number of benzene rings is 1. The maximum Gasteiger partial charge on any atom is 0.398 e. The fourth-order valence-corrected chi connectivity index (χ4v) is 3.09. The second-order valence-corrected chi connectivity index (χ2v) is 6.42. The maximum absolute atomic E-state index is 12.3. The topological polar surface area (TPSA) is 75.7 Å². The van der Waals surface area contributed by atoms with Crippen LogP contribution in [0.3, 0.4) is 0 Å². The number of ether oxygens (including phenoxy) is 1. The fraction of sp³-hybridized carbons (Fsp3) is 0.125. The average Bonchev–Trinajstić information content (AvgIpc) is 2.82. The van der Waals surface area contributed by atoms with Crippen LogP contribution in [0, 0.1) is 0 Å². The Bertz CT molecular complexity index is 757. The SMILES string of the molecule is COC(=O)C(=O)NN1C(=O)/C(=C/C(C)=C/c2ccccc2)SC1=S. The van der Waals surface area contributed by atoms with Gasteiger partial charge in [-0.05, 0) is 36.4 Å². The highest BCUT2D eigenvalue weighted by atomic mass is 32.2. The Balaban J connectivity index is 2.14. The monoisotopic (exact) mass is 362 g/mol. The fourth-order valence-electron chi connectivity index (χ4n) is 1.86. The van der Waals surface area contributed by atoms with Gasteiger partial charge >= 0.3 is 11.9 Å². The third-order valence-corrected chi connectivity index (χ3v) is 4.23. The number of thiocarbonyl (C=S) groups is 1. The largest absolute Gasteiger partial charge is 0.462 e. The number of rotatable bonds is 3. The van der Waals surface area contributed by atoms with E-state index < -0.39 is 17.8 Å². The van der Waals surface area contributed by atoms with Crippen molar-refractivity contribution in [3.63, 3.8) is 0 Å². The van der Waals surface area contributed by atoms with Crippen molar-refractivity contribution < 1.29 is 19.1 Å². The lowest BCUT2D eigenvalue weighted by atomic mass is 10.1. The Labute approximate surface area is 148 Å². The van der Waals surface area contributed by atoms with Crippen LogP contribution in [-0.2, 0) is 19.1 Å². The average molecular weight is 362 g/mol. The Kier molecular flexibility index (Phi) is 5.88. The second kappa shape index (κ2) is 7.89. The van der Waals surface area contributed by atoms with E-state index in [-0.39, 0.29) is 4.32 Å². The van der Waals surface area contributed by atoms with Crippen LogP contribution in [0.25, 0.3) is 6.08 Å². The van der Waals surface area contributed by atoms with E-state index in [1.165, 1.54) is 0 Å². The molecule has 1 N–H and O–H groups in total. The number of amides is 2. The number of thioether (sulfide) groups is 1. The van der Waals surface area contributed by atoms with Crippen molar-refractivity contribution in [2.75, 3.05) is 7.11 Å². The zero-order valence-corrected chi connectivity index (χ0v) is 14.6. The standard InChI is InChI=1S/C16H14N2O4S2/c1-10(8-11-6-4-3-5-7-11)9-12-14(20)18(16(23)24-12)17-13(19)15(21)22-2/h3-9H,1-2H3,(H,17,19)/b10-8+,12-9-. The molecule has 1 saturated heterocycles. The molecule has 0 atom stereocenters. The summed E-state index contributed by atoms with van der Waals surface area (Å²) in [5.74, 6) is -2.66. The van der Waals surface area contributed by atoms with E-state index in [1.54, 1.807) is 6.08 Å². The summed E-state index contributed by atoms with van der Waals surface area (Å²) in [7, 11) is 1.07. The quantitative estimate of drug-likeness (QED) is 0.384. The molecule has 1 aromatic rings. The molecule has 0 aromatic heterocycles. The highest BCUT2D eigenvalue weighted by Gasteiger charge is 2.34. The van der Waals surface area contributed by atoms with E-state index in [0.717, 1.165) is 35.0 Å². The predicted octanol–water partition coefficient (Wildman–Crippen LogP) is 2.04. The molecule has 1 aliphatic heterocycles. The van der Waals surface area contributed by atoms with Gasteiger partial charge in [-0.1, -0.05) is 48.2 Å². The van der Waals surface area contributed by atoms with Gasteiger partial charge in [-0.15, -0.1) is 0 Å². The molecule has 124 valence electrons. The molecule has 1 aliphatic rings. The molecule has 2 amide bonds. The maximum atomic E-state index is 12.3. The summed E-state index contributed by atoms with van der Waals surface area (Å²) in [6.07, 6.45) is 3.59. The van der Waals surface area contributed by atoms with Crippen molar-refractivity contribution in [2.45, 2.75) is 6.92 Å². The first-order valence-corrected chi connectivity index (χ1v) is 8.05. The molecule has 0 bridgehead atoms. The van der Waals surface area contributed by atoms with Gasteiger partial charge in [-0.3, -0.25) is 9.59 Å². The summed E-state index contributed by atoms with van der Waals surface area (Å²) in [4.78, 5) is 35.3. The number of allylic oxidation sites excluding steroid dienone is 2. The number of hydrazine groups is 1. The van der Waals surface area contributed by atoms with E-state index in [1.807, 2.05) is 43.3 Å². The number of nitrogens with zero attached hydrogens (tertiary/aromatic N) is 1. The van der Waals surface area contributed by atoms with Crippen molar-refractivity contribution in [1.82, 2.24) is 10.4 Å². The Hall–Kier alpha value is -2.45. The summed E-state index contributed by atoms with van der Waals surface area (Å²) >= 11 is 6.10. The van der Waals surface area contributed by atoms with Gasteiger partial charge in [0, 0.05) is 0 Å². The first-order valence-electron chi connectivity index (χ1n) is 6.82. The number of carbonyl (C=O) groups excluding carboxylic acids is 3. The molecule has 1 fully saturated rings. The summed E-state index contributed by atoms with van der Waals surface area (Å²) in [5.41, 5.74) is 3.98. The van der Waals surface area contributed by atoms with Crippen LogP contribution in [0.2, 0.25) is 0 Å². The van der Waals surface area contributed by atoms with E-state index in [9.17, 15) is 14.4 Å². The molecular weight excluding hydrogens is 348 g/mol. The summed E-state index contributed by atoms with van der Waals surface area (Å²) < 4.78 is 4.42. The molecule has 0 unspecified atom stereocenters. The Morgan fingerprint density at radius 1 is 1.29 bits per heavy atom. The lowest BCUT2D eigenvalue weighted by molar-refractivity contribution is -0.155. The molecule has 1 aromatic carbocycles. The number of hydrogen-bond donors (Lipinski definition) is 1. The zero-order valence-electron chi connectivity index (χ0n) is 12.9. The van der Waals surface area contributed by atoms with Crippen LogP contribution in [0.4, 0.5) is 0 Å². The van der Waals surface area contributed by atoms with Gasteiger partial charge in [0.05, 0.1) is 12.0 Å². The van der Waals surface area contributed by atoms with E-state index in [2.05, 4.69) is 10.2 Å². The van der Waals surface area contributed by atoms with Gasteiger partial charge < -0.3 is 4.74 Å². The third kappa shape index (κ3) is 4.30. The molecule has 0 aliphatic carbocycles. The van der Waals surface area contributed by atoms with Crippen molar-refractivity contribution >= 4 is 52.2 Å². The minimum Gasteiger partial charge on any atom is -0.462 e. The summed E-state index contributed by atoms with van der Waals surface area (Å²) in [6, 6.07) is 9.64. The normalized spacial score (nSPS) is 16.5. The van der Waals surface area contributed by atoms with Crippen molar-refractivity contribution in [1.29, 1.82) is 0 Å². The highest BCUT2D eigenvalue weighted by molar-refractivity contribution is 8.26. The summed E-state index contributed by atoms with van der Waals surface area (Å²) in [6.45, 7) is 1.85. The van der Waals surface area contributed by atoms with E-state index >= 15 is 0 Å². The van der Waals surface area contributed by atoms with Crippen LogP contribution in [0.15, 0.2) is 46.9 Å². The lowest BCUT2D eigenvalue weighted by Crippen LogP contribution is -2.47. The first kappa shape index (κ1) is 17.9. The molecule has 1 heterocycles. The van der Waals surface area contributed by atoms with Gasteiger partial charge in [-0.25, -0.2) is 10.2 Å². The number of carbonyl (C=O) groups is 3. The van der Waals surface area contributed by atoms with Crippen LogP contribution < -0.4 is 5.43 Å². The minimum atomic E-state index is -1.10. The number of hydrogen-bond acceptors (Lipinski definition) is 6. The second-order valence-electron chi connectivity index (χ2n) is 4.75. The minimum absolute atomic E-state index is 0.135. The van der Waals surface area contributed by atoms with Gasteiger partial charge in [0.15, 0.2) is 4.32 Å². The van der Waals surface area contributed by atoms with E-state index in [4.69, 9.17) is 12.2 Å². The molecule has 24 heavy (non-hydrogen) atoms. The van der Waals surface area contributed by atoms with Crippen molar-refractivity contribution in [3.05, 3.63) is 52.4 Å². The molecule has 8 heteroatoms. The Morgan fingerprint density at radius 2 is 1.96 bits per heavy atom. The van der Waals surface area contributed by atoms with Gasteiger partial charge in [0.1, 0.15) is 0 Å². The smallest absolute Gasteiger partial charge is 0.398 e. The zero-order chi connectivity index (χ0) is 17.7. The Morgan fingerprint density at radius 3 is 2.58 bits per heavy atom. The predicted molar refractivity (Wildman–Crippen MR) is 95.4 cm³/mol. The third-order valence-electron chi connectivity index (χ3n) is 2.93. The first-order chi connectivity index (χ1) is 11.4. The number of methoxy groups -OCH3 is 1. The number of esters is 1. The van der Waals surface area contributed by atoms with Gasteiger partial charge in [0.2, 0.25) is 0 Å². The van der Waals surface area contributed by atoms with Crippen LogP contribution >= 0.6 is 24.0 Å².